The average Bonchev–Trinajstić information content (AvgIpc) is 2.82. The lowest BCUT2D eigenvalue weighted by atomic mass is 9.71. The predicted octanol–water partition coefficient (Wildman–Crippen LogP) is 6.48. The van der Waals surface area contributed by atoms with Crippen LogP contribution in [0.4, 0.5) is 23.4 Å². The molecule has 210 valence electrons. The largest absolute Gasteiger partial charge is 0.419 e. The Kier molecular flexibility index (Phi) is 11.1. The lowest BCUT2D eigenvalue weighted by molar-refractivity contribution is -0.140. The number of allylic oxidation sites excluding steroid dienone is 1. The molecule has 0 spiro atoms. The van der Waals surface area contributed by atoms with E-state index in [0.717, 1.165) is 22.8 Å². The number of aryl methyl sites for hydroxylation is 1. The lowest BCUT2D eigenvalue weighted by Gasteiger charge is -2.49. The summed E-state index contributed by atoms with van der Waals surface area (Å²) in [4.78, 5) is 2.44. The maximum atomic E-state index is 14.2. The number of aromatic nitrogens is 2. The van der Waals surface area contributed by atoms with Gasteiger partial charge >= 0.3 is 6.18 Å². The summed E-state index contributed by atoms with van der Waals surface area (Å²) in [7, 11) is 2.23. The van der Waals surface area contributed by atoms with Crippen LogP contribution < -0.4 is 15.8 Å². The van der Waals surface area contributed by atoms with Crippen molar-refractivity contribution in [2.45, 2.75) is 73.5 Å². The van der Waals surface area contributed by atoms with Gasteiger partial charge in [0.05, 0.1) is 11.3 Å². The van der Waals surface area contributed by atoms with Gasteiger partial charge < -0.3 is 10.2 Å². The SMILES string of the molecule is C=C(C)/C=c1/c(NCc2cccc(C(F)(F)F)c2F)nnc(C)/c1=C/C.CCC(C)CC1(CC)CN(C)C1. The number of anilines is 1. The molecule has 0 amide bonds. The Bertz CT molecular complexity index is 1210. The third-order valence-electron chi connectivity index (χ3n) is 7.18. The molecule has 8 heteroatoms. The van der Waals surface area contributed by atoms with Gasteiger partial charge in [-0.1, -0.05) is 57.6 Å². The third kappa shape index (κ3) is 8.13. The van der Waals surface area contributed by atoms with E-state index in [1.807, 2.05) is 19.9 Å². The van der Waals surface area contributed by atoms with Crippen molar-refractivity contribution in [2.75, 3.05) is 25.5 Å². The van der Waals surface area contributed by atoms with Crippen LogP contribution in [0.5, 0.6) is 0 Å². The van der Waals surface area contributed by atoms with E-state index in [0.29, 0.717) is 22.1 Å². The van der Waals surface area contributed by atoms with Crippen LogP contribution in [-0.2, 0) is 12.7 Å². The molecule has 1 aliphatic rings. The molecular formula is C30H42F4N4. The normalized spacial score (nSPS) is 16.9. The molecule has 1 fully saturated rings. The summed E-state index contributed by atoms with van der Waals surface area (Å²) in [5.41, 5.74) is 0.766. The Morgan fingerprint density at radius 2 is 1.87 bits per heavy atom. The zero-order valence-corrected chi connectivity index (χ0v) is 23.8. The second kappa shape index (κ2) is 13.4. The number of nitrogens with one attached hydrogen (secondary N) is 1. The standard InChI is InChI=1S/C19H19F4N3.C11H23N/c1-5-14-12(4)25-26-18(15(14)9-11(2)3)24-10-13-7-6-8-16(17(13)20)19(21,22)23;1-5-10(3)7-11(6-2)8-12(4)9-11/h5-9H,2,10H2,1,3-4H3,(H,24,26);10H,5-9H2,1-4H3/b14-5-,15-9+;. The molecular weight excluding hydrogens is 492 g/mol. The third-order valence-corrected chi connectivity index (χ3v) is 7.18. The van der Waals surface area contributed by atoms with Crippen LogP contribution in [0.3, 0.4) is 0 Å². The van der Waals surface area contributed by atoms with E-state index in [1.165, 1.54) is 44.5 Å². The highest BCUT2D eigenvalue weighted by molar-refractivity contribution is 5.53. The molecule has 0 bridgehead atoms. The number of rotatable bonds is 8. The fourth-order valence-corrected chi connectivity index (χ4v) is 5.04. The van der Waals surface area contributed by atoms with E-state index in [4.69, 9.17) is 0 Å². The Morgan fingerprint density at radius 3 is 2.37 bits per heavy atom. The van der Waals surface area contributed by atoms with Gasteiger partial charge in [-0.2, -0.15) is 18.3 Å². The van der Waals surface area contributed by atoms with Gasteiger partial charge in [0.2, 0.25) is 0 Å². The summed E-state index contributed by atoms with van der Waals surface area (Å²) in [6.07, 6.45) is 3.04. The first-order chi connectivity index (χ1) is 17.8. The molecule has 2 heterocycles. The van der Waals surface area contributed by atoms with Crippen molar-refractivity contribution in [2.24, 2.45) is 11.3 Å². The molecule has 0 aliphatic carbocycles. The number of hydrogen-bond acceptors (Lipinski definition) is 4. The Hall–Kier alpha value is -2.74. The molecule has 1 unspecified atom stereocenters. The predicted molar refractivity (Wildman–Crippen MR) is 148 cm³/mol. The van der Waals surface area contributed by atoms with Crippen molar-refractivity contribution in [3.05, 3.63) is 63.4 Å². The van der Waals surface area contributed by atoms with Crippen LogP contribution in [0.25, 0.3) is 12.2 Å². The van der Waals surface area contributed by atoms with Crippen LogP contribution in [0.15, 0.2) is 30.4 Å². The summed E-state index contributed by atoms with van der Waals surface area (Å²) in [5.74, 6) is -0.0255. The molecule has 1 aliphatic heterocycles. The quantitative estimate of drug-likeness (QED) is 0.394. The van der Waals surface area contributed by atoms with Crippen molar-refractivity contribution < 1.29 is 17.6 Å². The molecule has 1 N–H and O–H groups in total. The van der Waals surface area contributed by atoms with Crippen LogP contribution >= 0.6 is 0 Å². The molecule has 3 rings (SSSR count). The van der Waals surface area contributed by atoms with Gasteiger partial charge in [0, 0.05) is 35.6 Å². The van der Waals surface area contributed by atoms with Gasteiger partial charge in [0.25, 0.3) is 0 Å². The zero-order chi connectivity index (χ0) is 28.7. The van der Waals surface area contributed by atoms with E-state index < -0.39 is 17.6 Å². The second-order valence-electron chi connectivity index (χ2n) is 10.6. The maximum absolute atomic E-state index is 14.2. The monoisotopic (exact) mass is 534 g/mol. The van der Waals surface area contributed by atoms with Gasteiger partial charge in [0.1, 0.15) is 5.82 Å². The minimum Gasteiger partial charge on any atom is -0.364 e. The first-order valence-corrected chi connectivity index (χ1v) is 13.2. The molecule has 2 aromatic rings. The fourth-order valence-electron chi connectivity index (χ4n) is 5.04. The molecule has 1 aromatic carbocycles. The van der Waals surface area contributed by atoms with Gasteiger partial charge in [-0.05, 0) is 64.1 Å². The maximum Gasteiger partial charge on any atom is 0.419 e. The van der Waals surface area contributed by atoms with Crippen molar-refractivity contribution in [1.29, 1.82) is 0 Å². The van der Waals surface area contributed by atoms with Crippen molar-refractivity contribution >= 4 is 18.0 Å². The van der Waals surface area contributed by atoms with Crippen LogP contribution in [0, 0.1) is 24.1 Å². The lowest BCUT2D eigenvalue weighted by Crippen LogP contribution is -2.54. The summed E-state index contributed by atoms with van der Waals surface area (Å²) in [5, 5.41) is 12.5. The number of alkyl halides is 3. The van der Waals surface area contributed by atoms with Crippen molar-refractivity contribution in [1.82, 2.24) is 15.1 Å². The first kappa shape index (κ1) is 31.5. The molecule has 0 saturated carbocycles. The highest BCUT2D eigenvalue weighted by Gasteiger charge is 2.39. The second-order valence-corrected chi connectivity index (χ2v) is 10.6. The van der Waals surface area contributed by atoms with Gasteiger partial charge in [-0.15, -0.1) is 5.10 Å². The molecule has 0 radical (unpaired) electrons. The van der Waals surface area contributed by atoms with Gasteiger partial charge in [-0.25, -0.2) is 4.39 Å². The van der Waals surface area contributed by atoms with E-state index in [1.54, 1.807) is 13.0 Å². The van der Waals surface area contributed by atoms with Crippen molar-refractivity contribution in [3.63, 3.8) is 0 Å². The van der Waals surface area contributed by atoms with Gasteiger partial charge in [-0.3, -0.25) is 0 Å². The topological polar surface area (TPSA) is 41.1 Å². The van der Waals surface area contributed by atoms with Crippen LogP contribution in [-0.4, -0.2) is 35.2 Å². The average molecular weight is 535 g/mol. The highest BCUT2D eigenvalue weighted by atomic mass is 19.4. The molecule has 1 saturated heterocycles. The summed E-state index contributed by atoms with van der Waals surface area (Å²) >= 11 is 0. The molecule has 38 heavy (non-hydrogen) atoms. The number of halogens is 4. The number of benzene rings is 1. The highest BCUT2D eigenvalue weighted by Crippen LogP contribution is 2.39. The molecule has 4 nitrogen and oxygen atoms in total. The Labute approximate surface area is 224 Å². The minimum absolute atomic E-state index is 0.106. The smallest absolute Gasteiger partial charge is 0.364 e. The summed E-state index contributed by atoms with van der Waals surface area (Å²) in [6.45, 7) is 18.8. The number of nitrogens with zero attached hydrogens (tertiary/aromatic N) is 3. The van der Waals surface area contributed by atoms with E-state index in [-0.39, 0.29) is 12.1 Å². The fraction of sp³-hybridized carbons (Fsp3) is 0.533. The zero-order valence-electron chi connectivity index (χ0n) is 23.8. The minimum atomic E-state index is -4.74. The summed E-state index contributed by atoms with van der Waals surface area (Å²) in [6, 6.07) is 3.19. The summed E-state index contributed by atoms with van der Waals surface area (Å²) < 4.78 is 52.7. The number of hydrogen-bond donors (Lipinski definition) is 1. The van der Waals surface area contributed by atoms with E-state index in [2.05, 4.69) is 54.8 Å². The van der Waals surface area contributed by atoms with E-state index >= 15 is 0 Å². The number of likely N-dealkylation sites (tertiary alicyclic amines) is 1. The van der Waals surface area contributed by atoms with Crippen LogP contribution in [0.2, 0.25) is 0 Å². The van der Waals surface area contributed by atoms with E-state index in [9.17, 15) is 17.6 Å². The molecule has 1 atom stereocenters. The van der Waals surface area contributed by atoms with Crippen LogP contribution in [0.1, 0.15) is 70.7 Å². The van der Waals surface area contributed by atoms with Gasteiger partial charge in [0.15, 0.2) is 5.82 Å². The Balaban J connectivity index is 0.000000352. The molecule has 1 aromatic heterocycles. The van der Waals surface area contributed by atoms with Crippen molar-refractivity contribution in [3.8, 4) is 0 Å². The Morgan fingerprint density at radius 1 is 1.21 bits per heavy atom. The first-order valence-electron chi connectivity index (χ1n) is 13.2.